The molecular weight excluding hydrogens is 316 g/mol. The zero-order chi connectivity index (χ0) is 13.3. The highest BCUT2D eigenvalue weighted by atomic mass is 35.5. The molecule has 1 atom stereocenters. The first-order valence-electron chi connectivity index (χ1n) is 6.09. The number of hydrogen-bond acceptors (Lipinski definition) is 3. The van der Waals surface area contributed by atoms with Crippen molar-refractivity contribution in [2.45, 2.75) is 23.3 Å². The number of aliphatic imine (C=N–C) groups is 1. The number of nitrogens with one attached hydrogen (secondary N) is 1. The zero-order valence-electron chi connectivity index (χ0n) is 10.1. The van der Waals surface area contributed by atoms with Crippen LogP contribution in [0.1, 0.15) is 12.8 Å². The van der Waals surface area contributed by atoms with Crippen LogP contribution in [0.3, 0.4) is 0 Å². The van der Waals surface area contributed by atoms with Gasteiger partial charge in [0.05, 0.1) is 17.0 Å². The Morgan fingerprint density at radius 2 is 2.21 bits per heavy atom. The van der Waals surface area contributed by atoms with Crippen LogP contribution in [-0.2, 0) is 0 Å². The Hall–Kier alpha value is -0.230. The minimum absolute atomic E-state index is 0.134. The normalized spacial score (nSPS) is 33.4. The van der Waals surface area contributed by atoms with E-state index in [0.717, 1.165) is 40.0 Å². The Morgan fingerprint density at radius 3 is 2.84 bits per heavy atom. The fourth-order valence-electron chi connectivity index (χ4n) is 2.72. The summed E-state index contributed by atoms with van der Waals surface area (Å²) in [6, 6.07) is 5.84. The van der Waals surface area contributed by atoms with Crippen LogP contribution >= 0.6 is 43.0 Å². The standard InChI is InChI=1S/C13H13ClN2S3/c14-9-1-2-11-10(5-9)15-12(7-19(11,17)18)16-13-4-3-8(13)6-13/h1-3,5,17-18H,4,6-7H2,(H,15,16). The third kappa shape index (κ3) is 1.94. The van der Waals surface area contributed by atoms with E-state index in [1.54, 1.807) is 0 Å². The number of fused-ring (bicyclic) bond motifs is 2. The molecule has 2 nitrogen and oxygen atoms in total. The van der Waals surface area contributed by atoms with Crippen LogP contribution < -0.4 is 5.32 Å². The number of benzene rings is 1. The monoisotopic (exact) mass is 328 g/mol. The summed E-state index contributed by atoms with van der Waals surface area (Å²) in [6.07, 6.45) is 4.48. The molecule has 1 aromatic rings. The number of halogens is 1. The Labute approximate surface area is 128 Å². The van der Waals surface area contributed by atoms with Crippen molar-refractivity contribution in [3.63, 3.8) is 0 Å². The number of amidine groups is 1. The van der Waals surface area contributed by atoms with Gasteiger partial charge in [-0.2, -0.15) is 0 Å². The molecule has 1 aromatic carbocycles. The van der Waals surface area contributed by atoms with Gasteiger partial charge in [0.25, 0.3) is 0 Å². The van der Waals surface area contributed by atoms with E-state index in [1.165, 1.54) is 5.57 Å². The summed E-state index contributed by atoms with van der Waals surface area (Å²) >= 11 is 15.6. The van der Waals surface area contributed by atoms with Crippen molar-refractivity contribution >= 4 is 54.5 Å². The van der Waals surface area contributed by atoms with Gasteiger partial charge in [0.1, 0.15) is 5.84 Å². The third-order valence-corrected chi connectivity index (χ3v) is 7.83. The second kappa shape index (κ2) is 3.91. The van der Waals surface area contributed by atoms with Gasteiger partial charge in [0, 0.05) is 16.3 Å². The van der Waals surface area contributed by atoms with Gasteiger partial charge in [-0.1, -0.05) is 17.7 Å². The molecule has 4 rings (SSSR count). The van der Waals surface area contributed by atoms with Crippen LogP contribution in [0.25, 0.3) is 0 Å². The minimum Gasteiger partial charge on any atom is -0.342 e. The maximum absolute atomic E-state index is 6.07. The van der Waals surface area contributed by atoms with Crippen molar-refractivity contribution in [1.82, 2.24) is 0 Å². The van der Waals surface area contributed by atoms with Crippen LogP contribution in [0.4, 0.5) is 5.69 Å². The number of thiol groups is 2. The molecule has 3 aliphatic rings. The van der Waals surface area contributed by atoms with Crippen LogP contribution in [-0.4, -0.2) is 17.1 Å². The number of hydrogen-bond donors (Lipinski definition) is 3. The summed E-state index contributed by atoms with van der Waals surface area (Å²) in [4.78, 5) is 6.03. The Kier molecular flexibility index (Phi) is 2.57. The number of anilines is 1. The average molecular weight is 329 g/mol. The lowest BCUT2D eigenvalue weighted by molar-refractivity contribution is 0.685. The largest absolute Gasteiger partial charge is 0.342 e. The number of rotatable bonds is 1. The minimum atomic E-state index is -1.43. The maximum atomic E-state index is 6.07. The molecule has 0 spiro atoms. The van der Waals surface area contributed by atoms with Gasteiger partial charge in [0.2, 0.25) is 0 Å². The van der Waals surface area contributed by atoms with Crippen molar-refractivity contribution in [2.24, 2.45) is 4.99 Å². The van der Waals surface area contributed by atoms with Gasteiger partial charge in [-0.15, -0.1) is 31.4 Å². The summed E-state index contributed by atoms with van der Waals surface area (Å²) in [5.74, 6) is 1.78. The molecule has 19 heavy (non-hydrogen) atoms. The molecule has 0 saturated heterocycles. The molecule has 1 N–H and O–H groups in total. The summed E-state index contributed by atoms with van der Waals surface area (Å²) < 4.78 is 0. The van der Waals surface area contributed by atoms with E-state index in [2.05, 4.69) is 11.4 Å². The molecular formula is C13H13ClN2S3. The van der Waals surface area contributed by atoms with Crippen LogP contribution in [0.2, 0.25) is 5.02 Å². The Morgan fingerprint density at radius 1 is 1.37 bits per heavy atom. The van der Waals surface area contributed by atoms with Crippen molar-refractivity contribution in [2.75, 3.05) is 11.1 Å². The van der Waals surface area contributed by atoms with Gasteiger partial charge in [-0.05, 0) is 30.2 Å². The summed E-state index contributed by atoms with van der Waals surface area (Å²) in [5, 5.41) is 4.13. The molecule has 0 bridgehead atoms. The summed E-state index contributed by atoms with van der Waals surface area (Å²) in [7, 11) is -1.43. The quantitative estimate of drug-likeness (QED) is 0.395. The molecule has 0 amide bonds. The highest BCUT2D eigenvalue weighted by molar-refractivity contribution is 9.18. The first-order valence-corrected chi connectivity index (χ1v) is 10.4. The zero-order valence-corrected chi connectivity index (χ0v) is 13.4. The van der Waals surface area contributed by atoms with Gasteiger partial charge in [0.15, 0.2) is 0 Å². The SMILES string of the molecule is SS1(S)CC(=NC23CC=C2C3)Nc2cc(Cl)ccc21. The predicted octanol–water partition coefficient (Wildman–Crippen LogP) is 4.49. The van der Waals surface area contributed by atoms with E-state index >= 15 is 0 Å². The smallest absolute Gasteiger partial charge is 0.112 e. The lowest BCUT2D eigenvalue weighted by atomic mass is 10.0. The second-order valence-electron chi connectivity index (χ2n) is 5.28. The van der Waals surface area contributed by atoms with E-state index in [4.69, 9.17) is 39.9 Å². The van der Waals surface area contributed by atoms with E-state index in [9.17, 15) is 0 Å². The fraction of sp³-hybridized carbons (Fsp3) is 0.308. The van der Waals surface area contributed by atoms with Gasteiger partial charge in [-0.3, -0.25) is 4.99 Å². The number of nitrogens with zero attached hydrogens (tertiary/aromatic N) is 1. The highest BCUT2D eigenvalue weighted by Crippen LogP contribution is 2.68. The van der Waals surface area contributed by atoms with Crippen molar-refractivity contribution in [3.8, 4) is 0 Å². The molecule has 2 aliphatic carbocycles. The first kappa shape index (κ1) is 12.5. The molecule has 0 aromatic heterocycles. The van der Waals surface area contributed by atoms with E-state index in [-0.39, 0.29) is 5.54 Å². The lowest BCUT2D eigenvalue weighted by Crippen LogP contribution is -2.27. The van der Waals surface area contributed by atoms with E-state index in [0.29, 0.717) is 0 Å². The molecule has 1 fully saturated rings. The third-order valence-electron chi connectivity index (χ3n) is 3.90. The topological polar surface area (TPSA) is 24.4 Å². The first-order chi connectivity index (χ1) is 8.98. The summed E-state index contributed by atoms with van der Waals surface area (Å²) in [6.45, 7) is 0. The predicted molar refractivity (Wildman–Crippen MR) is 91.3 cm³/mol. The van der Waals surface area contributed by atoms with Crippen molar-refractivity contribution < 1.29 is 0 Å². The summed E-state index contributed by atoms with van der Waals surface area (Å²) in [5.41, 5.74) is 2.62. The van der Waals surface area contributed by atoms with Gasteiger partial charge >= 0.3 is 0 Å². The second-order valence-corrected chi connectivity index (χ2v) is 12.4. The molecule has 1 unspecified atom stereocenters. The lowest BCUT2D eigenvalue weighted by Gasteiger charge is -2.37. The molecule has 6 heteroatoms. The molecule has 1 aliphatic heterocycles. The Bertz CT molecular complexity index is 649. The van der Waals surface area contributed by atoms with Crippen LogP contribution in [0.15, 0.2) is 39.7 Å². The highest BCUT2D eigenvalue weighted by Gasteiger charge is 2.54. The van der Waals surface area contributed by atoms with Gasteiger partial charge in [-0.25, -0.2) is 0 Å². The van der Waals surface area contributed by atoms with Gasteiger partial charge < -0.3 is 5.32 Å². The molecule has 100 valence electrons. The van der Waals surface area contributed by atoms with E-state index in [1.807, 2.05) is 18.2 Å². The van der Waals surface area contributed by atoms with Crippen molar-refractivity contribution in [1.29, 1.82) is 0 Å². The van der Waals surface area contributed by atoms with Crippen LogP contribution in [0, 0.1) is 0 Å². The fourth-order valence-corrected chi connectivity index (χ4v) is 6.00. The maximum Gasteiger partial charge on any atom is 0.112 e. The van der Waals surface area contributed by atoms with Crippen molar-refractivity contribution in [3.05, 3.63) is 34.9 Å². The Balaban J connectivity index is 1.74. The molecule has 0 radical (unpaired) electrons. The van der Waals surface area contributed by atoms with E-state index < -0.39 is 8.09 Å². The molecule has 1 heterocycles. The molecule has 1 saturated carbocycles. The average Bonchev–Trinajstić information content (AvgIpc) is 2.79. The van der Waals surface area contributed by atoms with Crippen LogP contribution in [0.5, 0.6) is 0 Å².